The molecule has 142 valence electrons. The number of hydrogen-bond acceptors (Lipinski definition) is 5. The Hall–Kier alpha value is -1.89. The molecule has 3 aliphatic heterocycles. The number of piperazine rings is 1. The van der Waals surface area contributed by atoms with Gasteiger partial charge in [-0.25, -0.2) is 9.97 Å². The molecule has 0 spiro atoms. The number of rotatable bonds is 4. The minimum atomic E-state index is -0.0731. The molecule has 3 saturated heterocycles. The fourth-order valence-electron chi connectivity index (χ4n) is 3.95. The molecule has 0 aliphatic carbocycles. The molecule has 3 aliphatic rings. The van der Waals surface area contributed by atoms with Gasteiger partial charge in [0, 0.05) is 36.9 Å². The lowest BCUT2D eigenvalue weighted by Gasteiger charge is -2.56. The standard InChI is InChI=1S/C19H21Cl2N5O/c1-11-6-17(23-12(2)22-11)25-8-13-7-14(9-25)26(13)10-18(27)24-16-5-3-4-15(20)19(16)21/h3-6,13-14H,7-10H2,1-2H3,(H,24,27). The van der Waals surface area contributed by atoms with Crippen molar-refractivity contribution < 1.29 is 4.79 Å². The van der Waals surface area contributed by atoms with Crippen LogP contribution in [0.15, 0.2) is 24.3 Å². The number of nitrogens with zero attached hydrogens (tertiary/aromatic N) is 4. The smallest absolute Gasteiger partial charge is 0.238 e. The Kier molecular flexibility index (Phi) is 4.97. The van der Waals surface area contributed by atoms with Crippen LogP contribution in [0, 0.1) is 13.8 Å². The summed E-state index contributed by atoms with van der Waals surface area (Å²) in [5.41, 5.74) is 1.53. The highest BCUT2D eigenvalue weighted by atomic mass is 35.5. The third kappa shape index (κ3) is 3.74. The van der Waals surface area contributed by atoms with Crippen molar-refractivity contribution in [2.45, 2.75) is 32.4 Å². The molecule has 1 amide bonds. The lowest BCUT2D eigenvalue weighted by molar-refractivity contribution is -0.121. The van der Waals surface area contributed by atoms with Gasteiger partial charge in [-0.1, -0.05) is 29.3 Å². The predicted octanol–water partition coefficient (Wildman–Crippen LogP) is 3.30. The molecule has 2 aromatic rings. The van der Waals surface area contributed by atoms with Gasteiger partial charge in [0.05, 0.1) is 22.3 Å². The number of piperidine rings is 1. The van der Waals surface area contributed by atoms with E-state index in [2.05, 4.69) is 25.1 Å². The molecule has 0 radical (unpaired) electrons. The van der Waals surface area contributed by atoms with Crippen molar-refractivity contribution in [1.82, 2.24) is 14.9 Å². The van der Waals surface area contributed by atoms with Crippen molar-refractivity contribution >= 4 is 40.6 Å². The van der Waals surface area contributed by atoms with Crippen molar-refractivity contribution in [3.8, 4) is 0 Å². The van der Waals surface area contributed by atoms with Crippen LogP contribution in [0.2, 0.25) is 10.0 Å². The van der Waals surface area contributed by atoms with E-state index in [1.165, 1.54) is 0 Å². The van der Waals surface area contributed by atoms with Crippen LogP contribution in [0.4, 0.5) is 11.5 Å². The van der Waals surface area contributed by atoms with Crippen LogP contribution in [0.3, 0.4) is 0 Å². The number of aromatic nitrogens is 2. The van der Waals surface area contributed by atoms with Crippen molar-refractivity contribution in [1.29, 1.82) is 0 Å². The number of nitrogens with one attached hydrogen (secondary N) is 1. The third-order valence-electron chi connectivity index (χ3n) is 5.17. The number of benzene rings is 1. The molecule has 8 heteroatoms. The van der Waals surface area contributed by atoms with Gasteiger partial charge >= 0.3 is 0 Å². The average Bonchev–Trinajstić information content (AvgIpc) is 2.63. The SMILES string of the molecule is Cc1cc(N2CC3CC(C2)N3CC(=O)Nc2cccc(Cl)c2Cl)nc(C)n1. The van der Waals surface area contributed by atoms with Gasteiger partial charge in [0.25, 0.3) is 0 Å². The van der Waals surface area contributed by atoms with Crippen molar-refractivity contribution in [3.05, 3.63) is 45.8 Å². The zero-order valence-electron chi connectivity index (χ0n) is 15.2. The quantitative estimate of drug-likeness (QED) is 0.845. The minimum Gasteiger partial charge on any atom is -0.353 e. The zero-order valence-corrected chi connectivity index (χ0v) is 16.8. The van der Waals surface area contributed by atoms with Crippen LogP contribution < -0.4 is 10.2 Å². The second-order valence-electron chi connectivity index (χ2n) is 7.18. The zero-order chi connectivity index (χ0) is 19.1. The molecule has 1 aromatic heterocycles. The van der Waals surface area contributed by atoms with Crippen LogP contribution in [0.1, 0.15) is 17.9 Å². The van der Waals surface area contributed by atoms with Gasteiger partial charge in [-0.05, 0) is 32.4 Å². The first kappa shape index (κ1) is 18.5. The normalized spacial score (nSPS) is 21.7. The Morgan fingerprint density at radius 2 is 1.96 bits per heavy atom. The number of anilines is 2. The Balaban J connectivity index is 1.37. The summed E-state index contributed by atoms with van der Waals surface area (Å²) in [7, 11) is 0. The number of halogens is 2. The largest absolute Gasteiger partial charge is 0.353 e. The van der Waals surface area contributed by atoms with E-state index in [0.717, 1.165) is 36.8 Å². The van der Waals surface area contributed by atoms with Crippen molar-refractivity contribution in [2.24, 2.45) is 0 Å². The topological polar surface area (TPSA) is 61.4 Å². The summed E-state index contributed by atoms with van der Waals surface area (Å²) < 4.78 is 0. The lowest BCUT2D eigenvalue weighted by atomic mass is 9.87. The molecule has 1 aromatic carbocycles. The Morgan fingerprint density at radius 3 is 2.67 bits per heavy atom. The maximum Gasteiger partial charge on any atom is 0.238 e. The number of fused-ring (bicyclic) bond motifs is 2. The van der Waals surface area contributed by atoms with Gasteiger partial charge in [0.2, 0.25) is 5.91 Å². The fourth-order valence-corrected chi connectivity index (χ4v) is 4.30. The highest BCUT2D eigenvalue weighted by Gasteiger charge is 2.45. The Bertz CT molecular complexity index is 858. The van der Waals surface area contributed by atoms with Crippen LogP contribution in [-0.2, 0) is 4.79 Å². The monoisotopic (exact) mass is 405 g/mol. The molecule has 1 N–H and O–H groups in total. The summed E-state index contributed by atoms with van der Waals surface area (Å²) in [6, 6.07) is 7.97. The van der Waals surface area contributed by atoms with E-state index in [1.54, 1.807) is 18.2 Å². The molecular weight excluding hydrogens is 385 g/mol. The van der Waals surface area contributed by atoms with Crippen LogP contribution in [0.5, 0.6) is 0 Å². The fraction of sp³-hybridized carbons (Fsp3) is 0.421. The van der Waals surface area contributed by atoms with E-state index in [9.17, 15) is 4.79 Å². The first-order valence-electron chi connectivity index (χ1n) is 8.97. The van der Waals surface area contributed by atoms with E-state index in [-0.39, 0.29) is 5.91 Å². The molecule has 2 bridgehead atoms. The lowest BCUT2D eigenvalue weighted by Crippen LogP contribution is -2.69. The molecule has 27 heavy (non-hydrogen) atoms. The molecule has 3 fully saturated rings. The minimum absolute atomic E-state index is 0.0731. The van der Waals surface area contributed by atoms with E-state index in [4.69, 9.17) is 23.2 Å². The highest BCUT2D eigenvalue weighted by molar-refractivity contribution is 6.44. The van der Waals surface area contributed by atoms with Gasteiger partial charge in [-0.2, -0.15) is 0 Å². The summed E-state index contributed by atoms with van der Waals surface area (Å²) in [6.07, 6.45) is 1.12. The molecule has 2 unspecified atom stereocenters. The molecule has 4 heterocycles. The number of hydrogen-bond donors (Lipinski definition) is 1. The predicted molar refractivity (Wildman–Crippen MR) is 108 cm³/mol. The van der Waals surface area contributed by atoms with Crippen LogP contribution >= 0.6 is 23.2 Å². The maximum absolute atomic E-state index is 12.5. The van der Waals surface area contributed by atoms with E-state index in [1.807, 2.05) is 19.9 Å². The van der Waals surface area contributed by atoms with E-state index < -0.39 is 0 Å². The van der Waals surface area contributed by atoms with Gasteiger partial charge in [-0.3, -0.25) is 9.69 Å². The number of amides is 1. The number of aryl methyl sites for hydroxylation is 2. The summed E-state index contributed by atoms with van der Waals surface area (Å²) in [5.74, 6) is 1.69. The van der Waals surface area contributed by atoms with Crippen molar-refractivity contribution in [3.63, 3.8) is 0 Å². The van der Waals surface area contributed by atoms with E-state index >= 15 is 0 Å². The average molecular weight is 406 g/mol. The first-order valence-corrected chi connectivity index (χ1v) is 9.73. The number of carbonyl (C=O) groups is 1. The molecule has 6 nitrogen and oxygen atoms in total. The van der Waals surface area contributed by atoms with E-state index in [0.29, 0.717) is 34.4 Å². The molecule has 0 saturated carbocycles. The Morgan fingerprint density at radius 1 is 1.22 bits per heavy atom. The second kappa shape index (κ2) is 7.26. The third-order valence-corrected chi connectivity index (χ3v) is 5.99. The van der Waals surface area contributed by atoms with Gasteiger partial charge in [0.1, 0.15) is 11.6 Å². The summed E-state index contributed by atoms with van der Waals surface area (Å²) in [6.45, 7) is 6.00. The van der Waals surface area contributed by atoms with Gasteiger partial charge in [-0.15, -0.1) is 0 Å². The molecule has 5 rings (SSSR count). The van der Waals surface area contributed by atoms with Crippen LogP contribution in [0.25, 0.3) is 0 Å². The van der Waals surface area contributed by atoms with Crippen LogP contribution in [-0.4, -0.2) is 52.5 Å². The molecule has 2 atom stereocenters. The van der Waals surface area contributed by atoms with Gasteiger partial charge in [0.15, 0.2) is 0 Å². The maximum atomic E-state index is 12.5. The highest BCUT2D eigenvalue weighted by Crippen LogP contribution is 2.34. The summed E-state index contributed by atoms with van der Waals surface area (Å²) in [5, 5.41) is 3.67. The molecular formula is C19H21Cl2N5O. The van der Waals surface area contributed by atoms with Crippen molar-refractivity contribution in [2.75, 3.05) is 29.9 Å². The first-order chi connectivity index (χ1) is 12.9. The second-order valence-corrected chi connectivity index (χ2v) is 7.97. The summed E-state index contributed by atoms with van der Waals surface area (Å²) in [4.78, 5) is 25.9. The Labute approximate surface area is 168 Å². The van der Waals surface area contributed by atoms with Gasteiger partial charge < -0.3 is 10.2 Å². The number of carbonyl (C=O) groups excluding carboxylic acids is 1. The summed E-state index contributed by atoms with van der Waals surface area (Å²) >= 11 is 12.2.